The quantitative estimate of drug-likeness (QED) is 0.904. The van der Waals surface area contributed by atoms with Crippen LogP contribution in [0.15, 0.2) is 24.3 Å². The molecule has 1 aliphatic rings. The third kappa shape index (κ3) is 5.07. The highest BCUT2D eigenvalue weighted by Crippen LogP contribution is 2.22. The molecule has 2 amide bonds. The Morgan fingerprint density at radius 3 is 2.04 bits per heavy atom. The molecule has 1 aliphatic heterocycles. The maximum atomic E-state index is 12.8. The molecule has 1 aromatic carbocycles. The number of carbonyl (C=O) groups is 2. The van der Waals surface area contributed by atoms with Crippen molar-refractivity contribution in [2.24, 2.45) is 5.92 Å². The smallest absolute Gasteiger partial charge is 0.251 e. The van der Waals surface area contributed by atoms with Gasteiger partial charge in [0.15, 0.2) is 0 Å². The van der Waals surface area contributed by atoms with E-state index in [4.69, 9.17) is 0 Å². The fourth-order valence-corrected chi connectivity index (χ4v) is 3.17. The van der Waals surface area contributed by atoms with E-state index in [0.717, 1.165) is 25.9 Å². The summed E-state index contributed by atoms with van der Waals surface area (Å²) in [6.07, 6.45) is 3.29. The summed E-state index contributed by atoms with van der Waals surface area (Å²) in [6.45, 7) is 12.0. The second-order valence-corrected chi connectivity index (χ2v) is 8.41. The molecule has 2 rings (SSSR count). The molecule has 1 fully saturated rings. The number of rotatable bonds is 4. The van der Waals surface area contributed by atoms with Gasteiger partial charge in [0.2, 0.25) is 5.91 Å². The van der Waals surface area contributed by atoms with Gasteiger partial charge < -0.3 is 10.2 Å². The van der Waals surface area contributed by atoms with Gasteiger partial charge in [0, 0.05) is 18.7 Å². The first kappa shape index (κ1) is 19.5. The number of benzene rings is 1. The van der Waals surface area contributed by atoms with Crippen molar-refractivity contribution in [3.8, 4) is 0 Å². The molecule has 1 atom stereocenters. The normalized spacial score (nSPS) is 16.6. The first-order chi connectivity index (χ1) is 11.7. The van der Waals surface area contributed by atoms with E-state index in [9.17, 15) is 9.59 Å². The number of likely N-dealkylation sites (tertiary alicyclic amines) is 1. The Morgan fingerprint density at radius 1 is 1.00 bits per heavy atom. The van der Waals surface area contributed by atoms with Crippen LogP contribution >= 0.6 is 0 Å². The number of carbonyl (C=O) groups excluding carboxylic acids is 2. The summed E-state index contributed by atoms with van der Waals surface area (Å²) in [7, 11) is 0. The highest BCUT2D eigenvalue weighted by atomic mass is 16.2. The summed E-state index contributed by atoms with van der Waals surface area (Å²) in [5.74, 6) is -0.0638. The first-order valence-corrected chi connectivity index (χ1v) is 9.40. The van der Waals surface area contributed by atoms with E-state index in [1.165, 1.54) is 12.0 Å². The second kappa shape index (κ2) is 8.03. The lowest BCUT2D eigenvalue weighted by atomic mass is 9.86. The Bertz CT molecular complexity index is 593. The third-order valence-electron chi connectivity index (χ3n) is 4.90. The number of hydrogen-bond donors (Lipinski definition) is 1. The lowest BCUT2D eigenvalue weighted by Gasteiger charge is -2.32. The number of hydrogen-bond acceptors (Lipinski definition) is 2. The van der Waals surface area contributed by atoms with E-state index < -0.39 is 6.04 Å². The van der Waals surface area contributed by atoms with Crippen molar-refractivity contribution < 1.29 is 9.59 Å². The van der Waals surface area contributed by atoms with Gasteiger partial charge >= 0.3 is 0 Å². The summed E-state index contributed by atoms with van der Waals surface area (Å²) in [5, 5.41) is 2.96. The van der Waals surface area contributed by atoms with E-state index >= 15 is 0 Å². The summed E-state index contributed by atoms with van der Waals surface area (Å²) in [6, 6.07) is 7.21. The van der Waals surface area contributed by atoms with Crippen LogP contribution in [-0.4, -0.2) is 35.8 Å². The Morgan fingerprint density at radius 2 is 1.56 bits per heavy atom. The predicted molar refractivity (Wildman–Crippen MR) is 102 cm³/mol. The molecule has 1 heterocycles. The van der Waals surface area contributed by atoms with Gasteiger partial charge in [-0.2, -0.15) is 0 Å². The summed E-state index contributed by atoms with van der Waals surface area (Å²) in [4.78, 5) is 27.3. The Hall–Kier alpha value is -1.84. The molecule has 1 N–H and O–H groups in total. The van der Waals surface area contributed by atoms with Crippen molar-refractivity contribution in [3.63, 3.8) is 0 Å². The SMILES string of the molecule is CC(C)C(NC(=O)c1ccc(C(C)(C)C)cc1)C(=O)N1CCCCC1. The Kier molecular flexibility index (Phi) is 6.26. The Labute approximate surface area is 152 Å². The molecule has 4 nitrogen and oxygen atoms in total. The molecule has 138 valence electrons. The predicted octanol–water partition coefficient (Wildman–Crippen LogP) is 3.75. The molecular formula is C21H32N2O2. The molecule has 0 radical (unpaired) electrons. The number of amides is 2. The topological polar surface area (TPSA) is 49.4 Å². The number of nitrogens with zero attached hydrogens (tertiary/aromatic N) is 1. The average molecular weight is 344 g/mol. The van der Waals surface area contributed by atoms with Crippen molar-refractivity contribution >= 4 is 11.8 Å². The van der Waals surface area contributed by atoms with Crippen LogP contribution in [-0.2, 0) is 10.2 Å². The van der Waals surface area contributed by atoms with Crippen molar-refractivity contribution in [1.29, 1.82) is 0 Å². The molecule has 1 unspecified atom stereocenters. The van der Waals surface area contributed by atoms with Crippen LogP contribution in [0.5, 0.6) is 0 Å². The molecule has 4 heteroatoms. The minimum absolute atomic E-state index is 0.0503. The fraction of sp³-hybridized carbons (Fsp3) is 0.619. The average Bonchev–Trinajstić information content (AvgIpc) is 2.58. The highest BCUT2D eigenvalue weighted by molar-refractivity contribution is 5.97. The summed E-state index contributed by atoms with van der Waals surface area (Å²) >= 11 is 0. The van der Waals surface area contributed by atoms with Gasteiger partial charge in [-0.15, -0.1) is 0 Å². The zero-order valence-electron chi connectivity index (χ0n) is 16.3. The van der Waals surface area contributed by atoms with Crippen LogP contribution in [0, 0.1) is 5.92 Å². The van der Waals surface area contributed by atoms with Gasteiger partial charge in [0.25, 0.3) is 5.91 Å². The molecule has 0 saturated carbocycles. The monoisotopic (exact) mass is 344 g/mol. The minimum Gasteiger partial charge on any atom is -0.341 e. The maximum absolute atomic E-state index is 12.8. The van der Waals surface area contributed by atoms with Crippen molar-refractivity contribution in [1.82, 2.24) is 10.2 Å². The fourth-order valence-electron chi connectivity index (χ4n) is 3.17. The van der Waals surface area contributed by atoms with Gasteiger partial charge in [-0.05, 0) is 48.3 Å². The number of nitrogens with one attached hydrogen (secondary N) is 1. The van der Waals surface area contributed by atoms with Crippen LogP contribution in [0.4, 0.5) is 0 Å². The van der Waals surface area contributed by atoms with Crippen LogP contribution in [0.2, 0.25) is 0 Å². The van der Waals surface area contributed by atoms with Gasteiger partial charge in [-0.3, -0.25) is 9.59 Å². The van der Waals surface area contributed by atoms with Crippen molar-refractivity contribution in [3.05, 3.63) is 35.4 Å². The summed E-state index contributed by atoms with van der Waals surface area (Å²) < 4.78 is 0. The van der Waals surface area contributed by atoms with E-state index in [1.807, 2.05) is 43.0 Å². The molecule has 1 saturated heterocycles. The van der Waals surface area contributed by atoms with Gasteiger partial charge in [-0.25, -0.2) is 0 Å². The lowest BCUT2D eigenvalue weighted by Crippen LogP contribution is -2.52. The zero-order chi connectivity index (χ0) is 18.6. The molecular weight excluding hydrogens is 312 g/mol. The Balaban J connectivity index is 2.08. The van der Waals surface area contributed by atoms with Crippen molar-refractivity contribution in [2.75, 3.05) is 13.1 Å². The van der Waals surface area contributed by atoms with Crippen LogP contribution in [0.1, 0.15) is 69.8 Å². The van der Waals surface area contributed by atoms with Gasteiger partial charge in [0.05, 0.1) is 0 Å². The largest absolute Gasteiger partial charge is 0.341 e. The first-order valence-electron chi connectivity index (χ1n) is 9.40. The molecule has 0 aliphatic carbocycles. The standard InChI is InChI=1S/C21H32N2O2/c1-15(2)18(20(25)23-13-7-6-8-14-23)22-19(24)16-9-11-17(12-10-16)21(3,4)5/h9-12,15,18H,6-8,13-14H2,1-5H3,(H,22,24). The highest BCUT2D eigenvalue weighted by Gasteiger charge is 2.29. The van der Waals surface area contributed by atoms with Crippen LogP contribution in [0.25, 0.3) is 0 Å². The van der Waals surface area contributed by atoms with Gasteiger partial charge in [-0.1, -0.05) is 46.8 Å². The molecule has 1 aromatic rings. The lowest BCUT2D eigenvalue weighted by molar-refractivity contribution is -0.135. The maximum Gasteiger partial charge on any atom is 0.251 e. The third-order valence-corrected chi connectivity index (χ3v) is 4.90. The molecule has 0 bridgehead atoms. The molecule has 25 heavy (non-hydrogen) atoms. The second-order valence-electron chi connectivity index (χ2n) is 8.41. The van der Waals surface area contributed by atoms with E-state index in [1.54, 1.807) is 0 Å². The van der Waals surface area contributed by atoms with Gasteiger partial charge in [0.1, 0.15) is 6.04 Å². The van der Waals surface area contributed by atoms with Crippen LogP contribution < -0.4 is 5.32 Å². The van der Waals surface area contributed by atoms with E-state index in [0.29, 0.717) is 5.56 Å². The zero-order valence-corrected chi connectivity index (χ0v) is 16.3. The van der Waals surface area contributed by atoms with E-state index in [-0.39, 0.29) is 23.1 Å². The molecule has 0 spiro atoms. The minimum atomic E-state index is -0.465. The summed E-state index contributed by atoms with van der Waals surface area (Å²) in [5.41, 5.74) is 1.85. The molecule has 0 aromatic heterocycles. The van der Waals surface area contributed by atoms with Crippen molar-refractivity contribution in [2.45, 2.75) is 65.3 Å². The number of piperidine rings is 1. The van der Waals surface area contributed by atoms with Crippen LogP contribution in [0.3, 0.4) is 0 Å². The van der Waals surface area contributed by atoms with E-state index in [2.05, 4.69) is 26.1 Å².